The molecule has 1 atom stereocenters. The highest BCUT2D eigenvalue weighted by atomic mass is 16.5. The van der Waals surface area contributed by atoms with Gasteiger partial charge in [0, 0.05) is 51.1 Å². The number of aromatic nitrogens is 2. The molecule has 0 amide bonds. The minimum absolute atomic E-state index is 0.363. The monoisotopic (exact) mass is 306 g/mol. The molecular weight excluding hydrogens is 276 g/mol. The number of hydrogen-bond acceptors (Lipinski definition) is 4. The topological polar surface area (TPSA) is 33.5 Å². The van der Waals surface area contributed by atoms with Gasteiger partial charge in [0.15, 0.2) is 0 Å². The Bertz CT molecular complexity index is 442. The van der Waals surface area contributed by atoms with Crippen LogP contribution in [-0.4, -0.2) is 65.0 Å². The normalized spacial score (nSPS) is 25.2. The molecule has 0 aliphatic carbocycles. The summed E-state index contributed by atoms with van der Waals surface area (Å²) in [6.45, 7) is 10.8. The van der Waals surface area contributed by atoms with Crippen LogP contribution in [0.3, 0.4) is 0 Å². The van der Waals surface area contributed by atoms with Gasteiger partial charge in [0.1, 0.15) is 0 Å². The molecule has 3 heterocycles. The van der Waals surface area contributed by atoms with Gasteiger partial charge < -0.3 is 9.64 Å². The van der Waals surface area contributed by atoms with Gasteiger partial charge in [0.25, 0.3) is 0 Å². The van der Waals surface area contributed by atoms with Crippen LogP contribution in [0.1, 0.15) is 38.2 Å². The van der Waals surface area contributed by atoms with Crippen molar-refractivity contribution in [1.82, 2.24) is 19.6 Å². The number of rotatable bonds is 5. The van der Waals surface area contributed by atoms with Crippen molar-refractivity contribution in [2.75, 3.05) is 39.3 Å². The van der Waals surface area contributed by atoms with Gasteiger partial charge in [-0.2, -0.15) is 5.10 Å². The predicted molar refractivity (Wildman–Crippen MR) is 87.8 cm³/mol. The molecule has 1 aromatic heterocycles. The smallest absolute Gasteiger partial charge is 0.0828 e. The number of nitrogens with zero attached hydrogens (tertiary/aromatic N) is 4. The van der Waals surface area contributed by atoms with E-state index in [1.54, 1.807) is 0 Å². The first kappa shape index (κ1) is 16.0. The first-order chi connectivity index (χ1) is 10.8. The molecule has 2 fully saturated rings. The zero-order valence-electron chi connectivity index (χ0n) is 13.9. The molecular formula is C17H30N4O. The summed E-state index contributed by atoms with van der Waals surface area (Å²) in [5.74, 6) is 0. The predicted octanol–water partition coefficient (Wildman–Crippen LogP) is 1.98. The van der Waals surface area contributed by atoms with E-state index in [0.717, 1.165) is 45.8 Å². The molecule has 22 heavy (non-hydrogen) atoms. The Morgan fingerprint density at radius 2 is 1.95 bits per heavy atom. The Kier molecular flexibility index (Phi) is 5.87. The Hall–Kier alpha value is -0.910. The maximum absolute atomic E-state index is 6.10. The van der Waals surface area contributed by atoms with Gasteiger partial charge in [0.2, 0.25) is 0 Å². The summed E-state index contributed by atoms with van der Waals surface area (Å²) in [6, 6.07) is 0. The quantitative estimate of drug-likeness (QED) is 0.833. The third kappa shape index (κ3) is 4.54. The Morgan fingerprint density at radius 3 is 2.73 bits per heavy atom. The Balaban J connectivity index is 1.52. The maximum Gasteiger partial charge on any atom is 0.0828 e. The largest absolute Gasteiger partial charge is 0.376 e. The Labute approximate surface area is 134 Å². The maximum atomic E-state index is 6.10. The molecule has 0 N–H and O–H groups in total. The summed E-state index contributed by atoms with van der Waals surface area (Å²) in [5.41, 5.74) is 1.32. The van der Waals surface area contributed by atoms with Crippen LogP contribution in [0.2, 0.25) is 0 Å². The van der Waals surface area contributed by atoms with Crippen LogP contribution in [0.5, 0.6) is 0 Å². The van der Waals surface area contributed by atoms with E-state index < -0.39 is 0 Å². The van der Waals surface area contributed by atoms with Crippen molar-refractivity contribution < 1.29 is 4.74 Å². The Morgan fingerprint density at radius 1 is 1.14 bits per heavy atom. The second-order valence-corrected chi connectivity index (χ2v) is 6.65. The van der Waals surface area contributed by atoms with Crippen LogP contribution in [-0.2, 0) is 17.8 Å². The van der Waals surface area contributed by atoms with E-state index in [4.69, 9.17) is 4.74 Å². The first-order valence-electron chi connectivity index (χ1n) is 8.91. The van der Waals surface area contributed by atoms with Crippen molar-refractivity contribution >= 4 is 0 Å². The average Bonchev–Trinajstić information content (AvgIpc) is 2.88. The highest BCUT2D eigenvalue weighted by molar-refractivity contribution is 5.03. The standard InChI is InChI=1S/C17H30N4O/c1-2-21-13-16(11-18-21)12-20-9-6-10-22-17(15-20)14-19-7-4-3-5-8-19/h11,13,17H,2-10,12,14-15H2,1H3/t17-/m1/s1. The minimum Gasteiger partial charge on any atom is -0.376 e. The van der Waals surface area contributed by atoms with Crippen LogP contribution in [0, 0.1) is 0 Å². The van der Waals surface area contributed by atoms with Gasteiger partial charge in [-0.3, -0.25) is 9.58 Å². The van der Waals surface area contributed by atoms with Crippen LogP contribution in [0.15, 0.2) is 12.4 Å². The summed E-state index contributed by atoms with van der Waals surface area (Å²) in [5, 5.41) is 4.39. The molecule has 0 spiro atoms. The van der Waals surface area contributed by atoms with Gasteiger partial charge >= 0.3 is 0 Å². The van der Waals surface area contributed by atoms with E-state index in [0.29, 0.717) is 6.10 Å². The second-order valence-electron chi connectivity index (χ2n) is 6.65. The van der Waals surface area contributed by atoms with Crippen molar-refractivity contribution in [3.63, 3.8) is 0 Å². The molecule has 0 aromatic carbocycles. The second kappa shape index (κ2) is 8.09. The van der Waals surface area contributed by atoms with Gasteiger partial charge in [-0.25, -0.2) is 0 Å². The first-order valence-corrected chi connectivity index (χ1v) is 8.91. The number of aryl methyl sites for hydroxylation is 1. The molecule has 2 aliphatic rings. The van der Waals surface area contributed by atoms with Crippen LogP contribution < -0.4 is 0 Å². The van der Waals surface area contributed by atoms with Crippen LogP contribution >= 0.6 is 0 Å². The lowest BCUT2D eigenvalue weighted by Gasteiger charge is -2.31. The molecule has 0 saturated carbocycles. The lowest BCUT2D eigenvalue weighted by molar-refractivity contribution is 0.0217. The van der Waals surface area contributed by atoms with E-state index >= 15 is 0 Å². The molecule has 0 unspecified atom stereocenters. The SMILES string of the molecule is CCn1cc(CN2CCCO[C@H](CN3CCCCC3)C2)cn1. The van der Waals surface area contributed by atoms with Crippen molar-refractivity contribution in [2.24, 2.45) is 0 Å². The molecule has 2 saturated heterocycles. The molecule has 0 bridgehead atoms. The summed E-state index contributed by atoms with van der Waals surface area (Å²) >= 11 is 0. The van der Waals surface area contributed by atoms with Crippen molar-refractivity contribution in [3.05, 3.63) is 18.0 Å². The highest BCUT2D eigenvalue weighted by Gasteiger charge is 2.22. The summed E-state index contributed by atoms with van der Waals surface area (Å²) < 4.78 is 8.10. The van der Waals surface area contributed by atoms with E-state index in [2.05, 4.69) is 28.0 Å². The summed E-state index contributed by atoms with van der Waals surface area (Å²) in [6.07, 6.45) is 9.79. The van der Waals surface area contributed by atoms with Crippen LogP contribution in [0.4, 0.5) is 0 Å². The van der Waals surface area contributed by atoms with E-state index in [-0.39, 0.29) is 0 Å². The molecule has 2 aliphatic heterocycles. The number of hydrogen-bond donors (Lipinski definition) is 0. The summed E-state index contributed by atoms with van der Waals surface area (Å²) in [7, 11) is 0. The molecule has 0 radical (unpaired) electrons. The average molecular weight is 306 g/mol. The lowest BCUT2D eigenvalue weighted by Crippen LogP contribution is -2.42. The number of ether oxygens (including phenoxy) is 1. The fourth-order valence-corrected chi connectivity index (χ4v) is 3.57. The van der Waals surface area contributed by atoms with E-state index in [1.165, 1.54) is 37.9 Å². The molecule has 124 valence electrons. The third-order valence-corrected chi connectivity index (χ3v) is 4.76. The highest BCUT2D eigenvalue weighted by Crippen LogP contribution is 2.14. The summed E-state index contributed by atoms with van der Waals surface area (Å²) in [4.78, 5) is 5.13. The minimum atomic E-state index is 0.363. The van der Waals surface area contributed by atoms with Crippen LogP contribution in [0.25, 0.3) is 0 Å². The van der Waals surface area contributed by atoms with E-state index in [9.17, 15) is 0 Å². The molecule has 1 aromatic rings. The fourth-order valence-electron chi connectivity index (χ4n) is 3.57. The van der Waals surface area contributed by atoms with Gasteiger partial charge in [0.05, 0.1) is 12.3 Å². The molecule has 3 rings (SSSR count). The lowest BCUT2D eigenvalue weighted by atomic mass is 10.1. The molecule has 5 nitrogen and oxygen atoms in total. The van der Waals surface area contributed by atoms with E-state index in [1.807, 2.05) is 10.9 Å². The van der Waals surface area contributed by atoms with Crippen molar-refractivity contribution in [3.8, 4) is 0 Å². The van der Waals surface area contributed by atoms with Gasteiger partial charge in [-0.15, -0.1) is 0 Å². The van der Waals surface area contributed by atoms with Gasteiger partial charge in [-0.1, -0.05) is 6.42 Å². The fraction of sp³-hybridized carbons (Fsp3) is 0.824. The number of likely N-dealkylation sites (tertiary alicyclic amines) is 1. The zero-order valence-corrected chi connectivity index (χ0v) is 13.9. The molecule has 5 heteroatoms. The van der Waals surface area contributed by atoms with Gasteiger partial charge in [-0.05, 0) is 39.3 Å². The third-order valence-electron chi connectivity index (χ3n) is 4.76. The number of piperidine rings is 1. The van der Waals surface area contributed by atoms with Crippen molar-refractivity contribution in [1.29, 1.82) is 0 Å². The zero-order chi connectivity index (χ0) is 15.2. The van der Waals surface area contributed by atoms with Crippen molar-refractivity contribution in [2.45, 2.75) is 51.8 Å².